The molecule has 1 rings (SSSR count). The van der Waals surface area contributed by atoms with Crippen LogP contribution in [0, 0.1) is 0 Å². The van der Waals surface area contributed by atoms with Gasteiger partial charge in [-0.2, -0.15) is 0 Å². The van der Waals surface area contributed by atoms with Crippen molar-refractivity contribution in [3.05, 3.63) is 23.9 Å². The Morgan fingerprint density at radius 3 is 2.75 bits per heavy atom. The van der Waals surface area contributed by atoms with Crippen molar-refractivity contribution in [2.45, 2.75) is 31.9 Å². The van der Waals surface area contributed by atoms with Crippen LogP contribution in [-0.2, 0) is 11.2 Å². The van der Waals surface area contributed by atoms with E-state index in [0.717, 1.165) is 12.0 Å². The average Bonchev–Trinajstić information content (AvgIpc) is 2.25. The zero-order chi connectivity index (χ0) is 12.2. The third-order valence-electron chi connectivity index (χ3n) is 3.00. The fourth-order valence-corrected chi connectivity index (χ4v) is 1.69. The first-order valence-electron chi connectivity index (χ1n) is 5.42. The number of anilines is 1. The van der Waals surface area contributed by atoms with Crippen LogP contribution < -0.4 is 11.1 Å². The first kappa shape index (κ1) is 12.9. The molecule has 0 aliphatic rings. The quantitative estimate of drug-likeness (QED) is 0.788. The van der Waals surface area contributed by atoms with Crippen LogP contribution >= 0.6 is 0 Å². The van der Waals surface area contributed by atoms with Gasteiger partial charge in [0.2, 0.25) is 0 Å². The van der Waals surface area contributed by atoms with Crippen LogP contribution in [0.1, 0.15) is 19.4 Å². The highest BCUT2D eigenvalue weighted by Crippen LogP contribution is 2.18. The lowest BCUT2D eigenvalue weighted by Gasteiger charge is -2.33. The lowest BCUT2D eigenvalue weighted by molar-refractivity contribution is -0.00797. The van der Waals surface area contributed by atoms with E-state index in [0.29, 0.717) is 5.82 Å². The van der Waals surface area contributed by atoms with Gasteiger partial charge < -0.3 is 15.8 Å². The second-order valence-electron chi connectivity index (χ2n) is 4.44. The Morgan fingerprint density at radius 1 is 1.56 bits per heavy atom. The van der Waals surface area contributed by atoms with E-state index in [9.17, 15) is 0 Å². The van der Waals surface area contributed by atoms with Crippen LogP contribution in [0.15, 0.2) is 18.3 Å². The van der Waals surface area contributed by atoms with Crippen molar-refractivity contribution >= 4 is 5.82 Å². The summed E-state index contributed by atoms with van der Waals surface area (Å²) < 4.78 is 5.48. The van der Waals surface area contributed by atoms with E-state index in [-0.39, 0.29) is 11.6 Å². The van der Waals surface area contributed by atoms with E-state index >= 15 is 0 Å². The number of nitrogens with one attached hydrogen (secondary N) is 1. The molecule has 0 aliphatic heterocycles. The van der Waals surface area contributed by atoms with Crippen LogP contribution in [0.4, 0.5) is 5.82 Å². The molecule has 0 fully saturated rings. The molecule has 0 aromatic carbocycles. The van der Waals surface area contributed by atoms with Crippen molar-refractivity contribution < 1.29 is 4.74 Å². The molecule has 0 bridgehead atoms. The fraction of sp³-hybridized carbons (Fsp3) is 0.583. The van der Waals surface area contributed by atoms with Crippen molar-refractivity contribution in [1.82, 2.24) is 10.3 Å². The molecule has 1 unspecified atom stereocenters. The zero-order valence-electron chi connectivity index (χ0n) is 10.4. The maximum Gasteiger partial charge on any atom is 0.123 e. The van der Waals surface area contributed by atoms with Gasteiger partial charge in [0.1, 0.15) is 5.82 Å². The molecule has 0 aliphatic carbocycles. The van der Waals surface area contributed by atoms with E-state index < -0.39 is 0 Å². The molecular formula is C12H21N3O. The average molecular weight is 223 g/mol. The predicted octanol–water partition coefficient (Wildman–Crippen LogP) is 1.22. The van der Waals surface area contributed by atoms with Crippen LogP contribution in [0.5, 0.6) is 0 Å². The van der Waals surface area contributed by atoms with Gasteiger partial charge in [-0.3, -0.25) is 0 Å². The maximum absolute atomic E-state index is 5.65. The lowest BCUT2D eigenvalue weighted by atomic mass is 9.92. The van der Waals surface area contributed by atoms with Gasteiger partial charge in [-0.25, -0.2) is 4.98 Å². The topological polar surface area (TPSA) is 60.2 Å². The highest BCUT2D eigenvalue weighted by Gasteiger charge is 2.27. The molecule has 0 saturated carbocycles. The van der Waals surface area contributed by atoms with Crippen molar-refractivity contribution in [2.24, 2.45) is 0 Å². The van der Waals surface area contributed by atoms with Gasteiger partial charge in [-0.05, 0) is 45.0 Å². The van der Waals surface area contributed by atoms with E-state index in [1.807, 2.05) is 19.2 Å². The smallest absolute Gasteiger partial charge is 0.123 e. The van der Waals surface area contributed by atoms with E-state index in [2.05, 4.69) is 24.1 Å². The van der Waals surface area contributed by atoms with E-state index in [4.69, 9.17) is 10.5 Å². The molecule has 16 heavy (non-hydrogen) atoms. The number of nitrogens with two attached hydrogens (primary N) is 1. The second kappa shape index (κ2) is 5.27. The number of hydrogen-bond acceptors (Lipinski definition) is 4. The molecule has 1 atom stereocenters. The lowest BCUT2D eigenvalue weighted by Crippen LogP contribution is -2.48. The minimum Gasteiger partial charge on any atom is -0.384 e. The van der Waals surface area contributed by atoms with Gasteiger partial charge >= 0.3 is 0 Å². The van der Waals surface area contributed by atoms with Gasteiger partial charge in [0.15, 0.2) is 0 Å². The molecule has 0 saturated heterocycles. The van der Waals surface area contributed by atoms with Crippen LogP contribution in [0.2, 0.25) is 0 Å². The monoisotopic (exact) mass is 223 g/mol. The summed E-state index contributed by atoms with van der Waals surface area (Å²) in [5, 5.41) is 3.27. The normalized spacial score (nSPS) is 13.8. The van der Waals surface area contributed by atoms with Crippen LogP contribution in [0.3, 0.4) is 0 Å². The standard InChI is InChI=1S/C12H21N3O/c1-12(2,16-4)10(14-3)7-9-5-6-15-11(13)8-9/h5-6,8,10,14H,7H2,1-4H3,(H2,13,15). The van der Waals surface area contributed by atoms with Crippen molar-refractivity contribution in [1.29, 1.82) is 0 Å². The fourth-order valence-electron chi connectivity index (χ4n) is 1.69. The SMILES string of the molecule is CNC(Cc1ccnc(N)c1)C(C)(C)OC. The highest BCUT2D eigenvalue weighted by atomic mass is 16.5. The third kappa shape index (κ3) is 3.18. The Bertz CT molecular complexity index is 339. The van der Waals surface area contributed by atoms with Gasteiger partial charge in [0.05, 0.1) is 5.60 Å². The Balaban J connectivity index is 2.78. The molecule has 90 valence electrons. The van der Waals surface area contributed by atoms with Crippen LogP contribution in [-0.4, -0.2) is 30.8 Å². The van der Waals surface area contributed by atoms with Gasteiger partial charge in [-0.1, -0.05) is 0 Å². The highest BCUT2D eigenvalue weighted by molar-refractivity contribution is 5.32. The van der Waals surface area contributed by atoms with Crippen molar-refractivity contribution in [2.75, 3.05) is 19.9 Å². The van der Waals surface area contributed by atoms with Crippen molar-refractivity contribution in [3.63, 3.8) is 0 Å². The molecule has 1 aromatic rings. The first-order chi connectivity index (χ1) is 7.49. The summed E-state index contributed by atoms with van der Waals surface area (Å²) in [5.41, 5.74) is 6.60. The van der Waals surface area contributed by atoms with Crippen LogP contribution in [0.25, 0.3) is 0 Å². The Labute approximate surface area is 97.2 Å². The minimum absolute atomic E-state index is 0.215. The number of nitrogens with zero attached hydrogens (tertiary/aromatic N) is 1. The maximum atomic E-state index is 5.65. The number of nitrogen functional groups attached to an aromatic ring is 1. The third-order valence-corrected chi connectivity index (χ3v) is 3.00. The van der Waals surface area contributed by atoms with E-state index in [1.165, 1.54) is 0 Å². The molecule has 4 nitrogen and oxygen atoms in total. The summed E-state index contributed by atoms with van der Waals surface area (Å²) in [6.45, 7) is 4.14. The number of rotatable bonds is 5. The van der Waals surface area contributed by atoms with Crippen molar-refractivity contribution in [3.8, 4) is 0 Å². The summed E-state index contributed by atoms with van der Waals surface area (Å²) in [7, 11) is 3.67. The molecule has 1 aromatic heterocycles. The second-order valence-corrected chi connectivity index (χ2v) is 4.44. The summed E-state index contributed by atoms with van der Waals surface area (Å²) in [5.74, 6) is 0.558. The first-order valence-corrected chi connectivity index (χ1v) is 5.42. The molecule has 4 heteroatoms. The summed E-state index contributed by atoms with van der Waals surface area (Å²) in [4.78, 5) is 3.98. The predicted molar refractivity (Wildman–Crippen MR) is 66.3 cm³/mol. The summed E-state index contributed by atoms with van der Waals surface area (Å²) >= 11 is 0. The number of likely N-dealkylation sites (N-methyl/N-ethyl adjacent to an activating group) is 1. The molecule has 0 amide bonds. The molecule has 3 N–H and O–H groups in total. The Morgan fingerprint density at radius 2 is 2.25 bits per heavy atom. The Kier molecular flexibility index (Phi) is 4.26. The number of hydrogen-bond donors (Lipinski definition) is 2. The summed E-state index contributed by atoms with van der Waals surface area (Å²) in [6.07, 6.45) is 2.60. The zero-order valence-corrected chi connectivity index (χ0v) is 10.4. The van der Waals surface area contributed by atoms with Gasteiger partial charge in [0.25, 0.3) is 0 Å². The van der Waals surface area contributed by atoms with E-state index in [1.54, 1.807) is 13.3 Å². The minimum atomic E-state index is -0.215. The number of ether oxygens (including phenoxy) is 1. The van der Waals surface area contributed by atoms with Gasteiger partial charge in [-0.15, -0.1) is 0 Å². The summed E-state index contributed by atoms with van der Waals surface area (Å²) in [6, 6.07) is 4.11. The number of methoxy groups -OCH3 is 1. The largest absolute Gasteiger partial charge is 0.384 e. The molecular weight excluding hydrogens is 202 g/mol. The van der Waals surface area contributed by atoms with Gasteiger partial charge in [0, 0.05) is 19.3 Å². The molecule has 1 heterocycles. The number of pyridine rings is 1. The molecule has 0 spiro atoms. The number of aromatic nitrogens is 1. The Hall–Kier alpha value is -1.13. The molecule has 0 radical (unpaired) electrons.